The molecule has 0 aliphatic rings. The van der Waals surface area contributed by atoms with Crippen molar-refractivity contribution in [2.45, 2.75) is 0 Å². The molecule has 2 heterocycles. The van der Waals surface area contributed by atoms with E-state index in [1.165, 1.54) is 12.1 Å². The molecule has 0 aliphatic carbocycles. The van der Waals surface area contributed by atoms with Crippen LogP contribution in [0.3, 0.4) is 0 Å². The highest BCUT2D eigenvalue weighted by Crippen LogP contribution is 2.28. The molecule has 3 rings (SSSR count). The molecule has 0 spiro atoms. The molecule has 0 radical (unpaired) electrons. The molecule has 2 nitrogen and oxygen atoms in total. The summed E-state index contributed by atoms with van der Waals surface area (Å²) in [5, 5.41) is 2.92. The number of pyridine rings is 1. The SMILES string of the molecule is Br.Fc1ccc(-c2csc(-c3ccncc3)n2)cc1. The van der Waals surface area contributed by atoms with Crippen LogP contribution in [0.5, 0.6) is 0 Å². The van der Waals surface area contributed by atoms with Gasteiger partial charge in [0.1, 0.15) is 10.8 Å². The first-order valence-corrected chi connectivity index (χ1v) is 6.33. The fraction of sp³-hybridized carbons (Fsp3) is 0. The van der Waals surface area contributed by atoms with E-state index in [-0.39, 0.29) is 22.8 Å². The molecule has 1 aromatic carbocycles. The van der Waals surface area contributed by atoms with Crippen LogP contribution < -0.4 is 0 Å². The quantitative estimate of drug-likeness (QED) is 0.684. The third-order valence-electron chi connectivity index (χ3n) is 2.57. The Morgan fingerprint density at radius 1 is 0.895 bits per heavy atom. The maximum Gasteiger partial charge on any atom is 0.124 e. The van der Waals surface area contributed by atoms with Crippen molar-refractivity contribution >= 4 is 28.3 Å². The first-order valence-electron chi connectivity index (χ1n) is 5.45. The molecule has 0 unspecified atom stereocenters. The number of nitrogens with zero attached hydrogens (tertiary/aromatic N) is 2. The average molecular weight is 337 g/mol. The van der Waals surface area contributed by atoms with Crippen LogP contribution in [-0.4, -0.2) is 9.97 Å². The van der Waals surface area contributed by atoms with E-state index >= 15 is 0 Å². The lowest BCUT2D eigenvalue weighted by Gasteiger charge is -1.96. The van der Waals surface area contributed by atoms with Crippen LogP contribution in [0.15, 0.2) is 54.2 Å². The second-order valence-corrected chi connectivity index (χ2v) is 4.64. The van der Waals surface area contributed by atoms with Crippen molar-refractivity contribution in [2.24, 2.45) is 0 Å². The van der Waals surface area contributed by atoms with Crippen LogP contribution in [-0.2, 0) is 0 Å². The highest BCUT2D eigenvalue weighted by molar-refractivity contribution is 8.93. The van der Waals surface area contributed by atoms with Gasteiger partial charge in [-0.2, -0.15) is 0 Å². The van der Waals surface area contributed by atoms with Gasteiger partial charge in [-0.1, -0.05) is 0 Å². The summed E-state index contributed by atoms with van der Waals surface area (Å²) in [7, 11) is 0. The molecule has 5 heteroatoms. The Labute approximate surface area is 124 Å². The maximum atomic E-state index is 12.8. The molecule has 0 saturated heterocycles. The van der Waals surface area contributed by atoms with E-state index < -0.39 is 0 Å². The van der Waals surface area contributed by atoms with Crippen LogP contribution in [0.1, 0.15) is 0 Å². The molecule has 0 saturated carbocycles. The summed E-state index contributed by atoms with van der Waals surface area (Å²) in [5.74, 6) is -0.233. The van der Waals surface area contributed by atoms with Crippen molar-refractivity contribution in [2.75, 3.05) is 0 Å². The lowest BCUT2D eigenvalue weighted by atomic mass is 10.2. The van der Waals surface area contributed by atoms with Crippen molar-refractivity contribution in [3.8, 4) is 21.8 Å². The fourth-order valence-corrected chi connectivity index (χ4v) is 2.49. The van der Waals surface area contributed by atoms with Crippen LogP contribution in [0, 0.1) is 5.82 Å². The normalized spacial score (nSPS) is 9.95. The van der Waals surface area contributed by atoms with Crippen LogP contribution in [0.2, 0.25) is 0 Å². The molecular formula is C14H10BrFN2S. The summed E-state index contributed by atoms with van der Waals surface area (Å²) in [4.78, 5) is 8.53. The minimum absolute atomic E-state index is 0. The average Bonchev–Trinajstić information content (AvgIpc) is 2.90. The van der Waals surface area contributed by atoms with Gasteiger partial charge < -0.3 is 0 Å². The van der Waals surface area contributed by atoms with E-state index in [4.69, 9.17) is 0 Å². The summed E-state index contributed by atoms with van der Waals surface area (Å²) in [6, 6.07) is 10.2. The predicted octanol–water partition coefficient (Wildman–Crippen LogP) is 4.59. The second kappa shape index (κ2) is 6.04. The van der Waals surface area contributed by atoms with Crippen molar-refractivity contribution in [1.29, 1.82) is 0 Å². The van der Waals surface area contributed by atoms with E-state index in [0.717, 1.165) is 21.8 Å². The number of benzene rings is 1. The Morgan fingerprint density at radius 2 is 1.58 bits per heavy atom. The third kappa shape index (κ3) is 3.05. The minimum Gasteiger partial charge on any atom is -0.265 e. The summed E-state index contributed by atoms with van der Waals surface area (Å²) < 4.78 is 12.8. The zero-order valence-corrected chi connectivity index (χ0v) is 12.3. The second-order valence-electron chi connectivity index (χ2n) is 3.78. The van der Waals surface area contributed by atoms with E-state index in [1.54, 1.807) is 35.9 Å². The first kappa shape index (κ1) is 13.8. The highest BCUT2D eigenvalue weighted by atomic mass is 79.9. The Kier molecular flexibility index (Phi) is 4.39. The summed E-state index contributed by atoms with van der Waals surface area (Å²) in [5.41, 5.74) is 2.84. The summed E-state index contributed by atoms with van der Waals surface area (Å²) in [6.07, 6.45) is 3.49. The molecule has 0 fully saturated rings. The minimum atomic E-state index is -0.233. The van der Waals surface area contributed by atoms with Gasteiger partial charge in [0.2, 0.25) is 0 Å². The van der Waals surface area contributed by atoms with Crippen molar-refractivity contribution in [3.63, 3.8) is 0 Å². The Balaban J connectivity index is 0.00000133. The zero-order valence-electron chi connectivity index (χ0n) is 9.79. The Hall–Kier alpha value is -1.59. The van der Waals surface area contributed by atoms with E-state index in [0.29, 0.717) is 0 Å². The monoisotopic (exact) mass is 336 g/mol. The number of halogens is 2. The number of aromatic nitrogens is 2. The molecule has 0 aliphatic heterocycles. The van der Waals surface area contributed by atoms with Gasteiger partial charge in [-0.25, -0.2) is 9.37 Å². The fourth-order valence-electron chi connectivity index (χ4n) is 1.65. The smallest absolute Gasteiger partial charge is 0.124 e. The lowest BCUT2D eigenvalue weighted by Crippen LogP contribution is -1.80. The van der Waals surface area contributed by atoms with E-state index in [9.17, 15) is 4.39 Å². The third-order valence-corrected chi connectivity index (χ3v) is 3.46. The molecule has 0 atom stereocenters. The highest BCUT2D eigenvalue weighted by Gasteiger charge is 2.06. The molecule has 96 valence electrons. The van der Waals surface area contributed by atoms with Gasteiger partial charge in [0.25, 0.3) is 0 Å². The van der Waals surface area contributed by atoms with Crippen LogP contribution >= 0.6 is 28.3 Å². The van der Waals surface area contributed by atoms with Crippen molar-refractivity contribution in [1.82, 2.24) is 9.97 Å². The van der Waals surface area contributed by atoms with Gasteiger partial charge in [-0.05, 0) is 36.4 Å². The lowest BCUT2D eigenvalue weighted by molar-refractivity contribution is 0.628. The maximum absolute atomic E-state index is 12.8. The van der Waals surface area contributed by atoms with Gasteiger partial charge in [0, 0.05) is 28.9 Å². The van der Waals surface area contributed by atoms with Gasteiger partial charge in [0.15, 0.2) is 0 Å². The molecule has 0 bridgehead atoms. The summed E-state index contributed by atoms with van der Waals surface area (Å²) >= 11 is 1.57. The standard InChI is InChI=1S/C14H9FN2S.BrH/c15-12-3-1-10(2-4-12)13-9-18-14(17-13)11-5-7-16-8-6-11;/h1-9H;1H. The van der Waals surface area contributed by atoms with Gasteiger partial charge >= 0.3 is 0 Å². The van der Waals surface area contributed by atoms with Gasteiger partial charge in [0.05, 0.1) is 5.69 Å². The Morgan fingerprint density at radius 3 is 2.26 bits per heavy atom. The number of thiazole rings is 1. The molecule has 3 aromatic rings. The molecule has 2 aromatic heterocycles. The predicted molar refractivity (Wildman–Crippen MR) is 81.1 cm³/mol. The summed E-state index contributed by atoms with van der Waals surface area (Å²) in [6.45, 7) is 0. The van der Waals surface area contributed by atoms with Crippen LogP contribution in [0.4, 0.5) is 4.39 Å². The van der Waals surface area contributed by atoms with Crippen LogP contribution in [0.25, 0.3) is 21.8 Å². The largest absolute Gasteiger partial charge is 0.265 e. The first-order chi connectivity index (χ1) is 8.83. The van der Waals surface area contributed by atoms with Gasteiger partial charge in [-0.3, -0.25) is 4.98 Å². The molecule has 0 amide bonds. The molecular weight excluding hydrogens is 327 g/mol. The molecule has 0 N–H and O–H groups in total. The number of hydrogen-bond donors (Lipinski definition) is 0. The number of rotatable bonds is 2. The zero-order chi connectivity index (χ0) is 12.4. The Bertz CT molecular complexity index is 653. The van der Waals surface area contributed by atoms with Crippen molar-refractivity contribution in [3.05, 3.63) is 60.0 Å². The number of hydrogen-bond acceptors (Lipinski definition) is 3. The van der Waals surface area contributed by atoms with Gasteiger partial charge in [-0.15, -0.1) is 28.3 Å². The van der Waals surface area contributed by atoms with Crippen molar-refractivity contribution < 1.29 is 4.39 Å². The topological polar surface area (TPSA) is 25.8 Å². The van der Waals surface area contributed by atoms with E-state index in [1.807, 2.05) is 17.5 Å². The molecule has 19 heavy (non-hydrogen) atoms. The van der Waals surface area contributed by atoms with E-state index in [2.05, 4.69) is 9.97 Å².